The fraction of sp³-hybridized carbons (Fsp3) is 0.111. The normalized spacial score (nSPS) is 12.3. The third-order valence-corrected chi connectivity index (χ3v) is 2.35. The Hall–Kier alpha value is -1.46. The number of hydrogen-bond donors (Lipinski definition) is 0. The topological polar surface area (TPSA) is 4.93 Å². The molecular formula is C9H7BF4N-. The van der Waals surface area contributed by atoms with E-state index in [4.69, 9.17) is 0 Å². The zero-order valence-electron chi connectivity index (χ0n) is 7.85. The van der Waals surface area contributed by atoms with Crippen molar-refractivity contribution in [1.29, 1.82) is 0 Å². The monoisotopic (exact) mass is 216 g/mol. The van der Waals surface area contributed by atoms with Crippen LogP contribution in [0.3, 0.4) is 0 Å². The lowest BCUT2D eigenvalue weighted by Crippen LogP contribution is -2.38. The molecule has 0 N–H and O–H groups in total. The van der Waals surface area contributed by atoms with E-state index in [-0.39, 0.29) is 5.52 Å². The van der Waals surface area contributed by atoms with E-state index in [1.807, 2.05) is 0 Å². The van der Waals surface area contributed by atoms with Gasteiger partial charge in [0.1, 0.15) is 0 Å². The minimum Gasteiger partial charge on any atom is -0.445 e. The van der Waals surface area contributed by atoms with Crippen LogP contribution < -0.4 is 5.46 Å². The summed E-state index contributed by atoms with van der Waals surface area (Å²) < 4.78 is 52.4. The molecule has 15 heavy (non-hydrogen) atoms. The summed E-state index contributed by atoms with van der Waals surface area (Å²) in [6.45, 7) is -5.33. The fourth-order valence-electron chi connectivity index (χ4n) is 1.71. The summed E-state index contributed by atoms with van der Waals surface area (Å²) in [7, 11) is 1.47. The summed E-state index contributed by atoms with van der Waals surface area (Å²) >= 11 is 0. The van der Waals surface area contributed by atoms with Crippen LogP contribution in [0.4, 0.5) is 17.3 Å². The quantitative estimate of drug-likeness (QED) is 0.509. The van der Waals surface area contributed by atoms with Crippen molar-refractivity contribution in [3.63, 3.8) is 0 Å². The highest BCUT2D eigenvalue weighted by Crippen LogP contribution is 2.20. The Morgan fingerprint density at radius 2 is 1.80 bits per heavy atom. The molecule has 0 aliphatic carbocycles. The summed E-state index contributed by atoms with van der Waals surface area (Å²) in [4.78, 5) is 0. The van der Waals surface area contributed by atoms with Crippen molar-refractivity contribution in [3.05, 3.63) is 30.2 Å². The van der Waals surface area contributed by atoms with Gasteiger partial charge in [-0.05, 0) is 23.0 Å². The first-order chi connectivity index (χ1) is 6.91. The molecule has 1 heterocycles. The van der Waals surface area contributed by atoms with E-state index < -0.39 is 18.3 Å². The number of aromatic nitrogens is 1. The van der Waals surface area contributed by atoms with Gasteiger partial charge in [0, 0.05) is 18.8 Å². The second-order valence-electron chi connectivity index (χ2n) is 3.40. The van der Waals surface area contributed by atoms with Gasteiger partial charge in [0.15, 0.2) is 0 Å². The van der Waals surface area contributed by atoms with Crippen molar-refractivity contribution < 1.29 is 17.3 Å². The molecule has 0 spiro atoms. The van der Waals surface area contributed by atoms with Gasteiger partial charge in [0.2, 0.25) is 0 Å². The molecule has 1 aromatic heterocycles. The van der Waals surface area contributed by atoms with Crippen LogP contribution >= 0.6 is 0 Å². The molecule has 6 heteroatoms. The molecule has 1 nitrogen and oxygen atoms in total. The Labute approximate surface area is 83.4 Å². The van der Waals surface area contributed by atoms with Crippen molar-refractivity contribution in [3.8, 4) is 0 Å². The molecule has 0 aliphatic rings. The molecular weight excluding hydrogens is 209 g/mol. The SMILES string of the molecule is Cn1ccc2ccc(F)c([B-](F)(F)F)c21. The summed E-state index contributed by atoms with van der Waals surface area (Å²) in [6, 6.07) is 3.73. The van der Waals surface area contributed by atoms with E-state index in [1.54, 1.807) is 0 Å². The second kappa shape index (κ2) is 3.02. The number of halogens is 4. The van der Waals surface area contributed by atoms with Gasteiger partial charge in [0.05, 0.1) is 5.82 Å². The largest absolute Gasteiger partial charge is 0.514 e. The first-order valence-electron chi connectivity index (χ1n) is 4.34. The molecule has 0 fully saturated rings. The van der Waals surface area contributed by atoms with Gasteiger partial charge < -0.3 is 17.5 Å². The highest BCUT2D eigenvalue weighted by molar-refractivity contribution is 6.75. The minimum absolute atomic E-state index is 0.0949. The van der Waals surface area contributed by atoms with Gasteiger partial charge in [-0.15, -0.1) is 0 Å². The number of rotatable bonds is 1. The van der Waals surface area contributed by atoms with Crippen LogP contribution in [-0.2, 0) is 7.05 Å². The van der Waals surface area contributed by atoms with E-state index in [9.17, 15) is 17.3 Å². The van der Waals surface area contributed by atoms with E-state index in [0.717, 1.165) is 6.07 Å². The van der Waals surface area contributed by atoms with Crippen molar-refractivity contribution in [1.82, 2.24) is 4.57 Å². The van der Waals surface area contributed by atoms with Crippen molar-refractivity contribution in [2.75, 3.05) is 0 Å². The average Bonchev–Trinajstić information content (AvgIpc) is 2.46. The Morgan fingerprint density at radius 1 is 1.13 bits per heavy atom. The van der Waals surface area contributed by atoms with Crippen LogP contribution in [0.2, 0.25) is 0 Å². The maximum Gasteiger partial charge on any atom is 0.514 e. The maximum atomic E-state index is 13.2. The number of hydrogen-bond acceptors (Lipinski definition) is 0. The molecule has 2 aromatic rings. The molecule has 2 rings (SSSR count). The maximum absolute atomic E-state index is 13.2. The third kappa shape index (κ3) is 1.50. The molecule has 0 radical (unpaired) electrons. The lowest BCUT2D eigenvalue weighted by molar-refractivity contribution is 0.494. The highest BCUT2D eigenvalue weighted by atomic mass is 19.4. The fourth-order valence-corrected chi connectivity index (χ4v) is 1.71. The Morgan fingerprint density at radius 3 is 2.40 bits per heavy atom. The van der Waals surface area contributed by atoms with Crippen LogP contribution in [0.15, 0.2) is 24.4 Å². The summed E-state index contributed by atoms with van der Waals surface area (Å²) in [6.07, 6.45) is 1.48. The number of aryl methyl sites for hydroxylation is 1. The Kier molecular flexibility index (Phi) is 2.03. The van der Waals surface area contributed by atoms with Crippen LogP contribution in [0.1, 0.15) is 0 Å². The smallest absolute Gasteiger partial charge is 0.445 e. The third-order valence-electron chi connectivity index (χ3n) is 2.35. The zero-order chi connectivity index (χ0) is 11.2. The molecule has 0 saturated carbocycles. The summed E-state index contributed by atoms with van der Waals surface area (Å²) in [5.74, 6) is -1.21. The van der Waals surface area contributed by atoms with Gasteiger partial charge in [-0.2, -0.15) is 0 Å². The standard InChI is InChI=1S/C9H7BF4N/c1-15-5-4-6-2-3-7(11)8(9(6)15)10(12,13)14/h2-5H,1H3/q-1. The Balaban J connectivity index is 2.90. The average molecular weight is 216 g/mol. The van der Waals surface area contributed by atoms with Gasteiger partial charge in [0.25, 0.3) is 0 Å². The first kappa shape index (κ1) is 10.1. The van der Waals surface area contributed by atoms with Crippen LogP contribution in [-0.4, -0.2) is 11.5 Å². The highest BCUT2D eigenvalue weighted by Gasteiger charge is 2.31. The molecule has 1 aromatic carbocycles. The molecule has 0 saturated heterocycles. The van der Waals surface area contributed by atoms with E-state index >= 15 is 0 Å². The number of nitrogens with zero attached hydrogens (tertiary/aromatic N) is 1. The van der Waals surface area contributed by atoms with Crippen LogP contribution in [0, 0.1) is 5.82 Å². The van der Waals surface area contributed by atoms with Crippen LogP contribution in [0.5, 0.6) is 0 Å². The van der Waals surface area contributed by atoms with Crippen molar-refractivity contribution in [2.45, 2.75) is 0 Å². The molecule has 0 amide bonds. The zero-order valence-corrected chi connectivity index (χ0v) is 7.85. The first-order valence-corrected chi connectivity index (χ1v) is 4.34. The lowest BCUT2D eigenvalue weighted by Gasteiger charge is -2.18. The molecule has 0 aliphatic heterocycles. The number of benzene rings is 1. The number of fused-ring (bicyclic) bond motifs is 1. The van der Waals surface area contributed by atoms with Crippen molar-refractivity contribution >= 4 is 23.3 Å². The van der Waals surface area contributed by atoms with E-state index in [0.29, 0.717) is 5.39 Å². The molecule has 0 atom stereocenters. The van der Waals surface area contributed by atoms with E-state index in [1.165, 1.54) is 29.9 Å². The predicted octanol–water partition coefficient (Wildman–Crippen LogP) is 2.37. The van der Waals surface area contributed by atoms with Crippen molar-refractivity contribution in [2.24, 2.45) is 7.05 Å². The summed E-state index contributed by atoms with van der Waals surface area (Å²) in [5.41, 5.74) is -1.23. The summed E-state index contributed by atoms with van der Waals surface area (Å²) in [5, 5.41) is 0.396. The van der Waals surface area contributed by atoms with Gasteiger partial charge in [-0.1, -0.05) is 6.07 Å². The van der Waals surface area contributed by atoms with Gasteiger partial charge in [-0.25, -0.2) is 4.39 Å². The second-order valence-corrected chi connectivity index (χ2v) is 3.40. The van der Waals surface area contributed by atoms with Gasteiger partial charge in [-0.3, -0.25) is 0 Å². The van der Waals surface area contributed by atoms with Gasteiger partial charge >= 0.3 is 6.98 Å². The predicted molar refractivity (Wildman–Crippen MR) is 51.6 cm³/mol. The molecule has 0 unspecified atom stereocenters. The molecule has 0 bridgehead atoms. The van der Waals surface area contributed by atoms with E-state index in [2.05, 4.69) is 0 Å². The molecule has 80 valence electrons. The minimum atomic E-state index is -5.33. The van der Waals surface area contributed by atoms with Crippen LogP contribution in [0.25, 0.3) is 10.9 Å². The lowest BCUT2D eigenvalue weighted by atomic mass is 9.78. The Bertz CT molecular complexity index is 515.